The molecule has 16 heavy (non-hydrogen) atoms. The normalized spacial score (nSPS) is 13.5. The summed E-state index contributed by atoms with van der Waals surface area (Å²) in [6.07, 6.45) is 2.72. The van der Waals surface area contributed by atoms with Crippen LogP contribution in [-0.4, -0.2) is 70.8 Å². The molecule has 0 heterocycles. The van der Waals surface area contributed by atoms with Crippen LogP contribution in [0.5, 0.6) is 0 Å². The van der Waals surface area contributed by atoms with Gasteiger partial charge < -0.3 is 0 Å². The second kappa shape index (κ2) is 7.19. The Bertz CT molecular complexity index is 169. The topological polar surface area (TPSA) is 9.72 Å². The predicted molar refractivity (Wildman–Crippen MR) is 75.7 cm³/mol. The van der Waals surface area contributed by atoms with Gasteiger partial charge in [0.2, 0.25) is 0 Å². The van der Waals surface area contributed by atoms with E-state index in [4.69, 9.17) is 0 Å². The van der Waals surface area contributed by atoms with E-state index in [9.17, 15) is 0 Å². The van der Waals surface area contributed by atoms with Gasteiger partial charge in [-0.25, -0.2) is 0 Å². The monoisotopic (exact) mass is 337 g/mol. The maximum atomic E-state index is 2.52. The molecule has 3 nitrogen and oxygen atoms in total. The minimum absolute atomic E-state index is 0.829. The number of hydrogen-bond donors (Lipinski definition) is 0. The summed E-state index contributed by atoms with van der Waals surface area (Å²) in [6, 6.07) is 0. The standard InChI is InChI=1S/C6H13.3C2H6N.Sn/c1-4-5-6(2)3;3*1-3-2;/h6H,1,4-5H2,2-3H3;3*1-2H3;/q;3*-1;+3. The van der Waals surface area contributed by atoms with Crippen molar-refractivity contribution in [3.63, 3.8) is 0 Å². The Morgan fingerprint density at radius 1 is 0.812 bits per heavy atom. The maximum absolute atomic E-state index is 2.52. The molecule has 0 aromatic heterocycles. The summed E-state index contributed by atoms with van der Waals surface area (Å²) in [5, 5.41) is 0. The van der Waals surface area contributed by atoms with E-state index < -0.39 is 19.2 Å². The fraction of sp³-hybridized carbons (Fsp3) is 1.00. The summed E-state index contributed by atoms with van der Waals surface area (Å²) in [6.45, 7) is 4.64. The third-order valence-corrected chi connectivity index (χ3v) is 18.6. The molecule has 0 radical (unpaired) electrons. The molecule has 4 heteroatoms. The molecule has 0 aliphatic carbocycles. The zero-order valence-corrected chi connectivity index (χ0v) is 15.4. The van der Waals surface area contributed by atoms with Gasteiger partial charge in [0.05, 0.1) is 0 Å². The Labute approximate surface area is 108 Å². The van der Waals surface area contributed by atoms with Gasteiger partial charge >= 0.3 is 108 Å². The van der Waals surface area contributed by atoms with Gasteiger partial charge in [-0.05, 0) is 0 Å². The van der Waals surface area contributed by atoms with Crippen molar-refractivity contribution in [3.05, 3.63) is 0 Å². The van der Waals surface area contributed by atoms with Gasteiger partial charge in [0.25, 0.3) is 0 Å². The first kappa shape index (κ1) is 16.7. The van der Waals surface area contributed by atoms with Gasteiger partial charge in [0.15, 0.2) is 0 Å². The van der Waals surface area contributed by atoms with Crippen LogP contribution in [0, 0.1) is 5.92 Å². The van der Waals surface area contributed by atoms with Crippen molar-refractivity contribution in [2.24, 2.45) is 5.92 Å². The zero-order chi connectivity index (χ0) is 12.9. The zero-order valence-electron chi connectivity index (χ0n) is 12.5. The van der Waals surface area contributed by atoms with E-state index in [0.717, 1.165) is 5.92 Å². The molecule has 0 saturated heterocycles. The van der Waals surface area contributed by atoms with Crippen molar-refractivity contribution >= 4 is 19.2 Å². The van der Waals surface area contributed by atoms with Crippen LogP contribution in [-0.2, 0) is 0 Å². The van der Waals surface area contributed by atoms with E-state index >= 15 is 0 Å². The fourth-order valence-electron chi connectivity index (χ4n) is 2.62. The molecule has 0 aromatic rings. The molecule has 0 amide bonds. The molecule has 0 N–H and O–H groups in total. The van der Waals surface area contributed by atoms with Gasteiger partial charge in [-0.3, -0.25) is 0 Å². The Morgan fingerprint density at radius 2 is 1.19 bits per heavy atom. The van der Waals surface area contributed by atoms with E-state index in [1.165, 1.54) is 17.3 Å². The average molecular weight is 336 g/mol. The van der Waals surface area contributed by atoms with Crippen LogP contribution < -0.4 is 0 Å². The average Bonchev–Trinajstić information content (AvgIpc) is 2.09. The van der Waals surface area contributed by atoms with Crippen molar-refractivity contribution in [2.75, 3.05) is 42.3 Å². The number of rotatable bonds is 7. The van der Waals surface area contributed by atoms with E-state index in [2.05, 4.69) is 65.5 Å². The number of nitrogens with zero attached hydrogens (tertiary/aromatic N) is 3. The Hall–Kier alpha value is 0.679. The second-order valence-corrected chi connectivity index (χ2v) is 19.2. The van der Waals surface area contributed by atoms with Gasteiger partial charge in [0.1, 0.15) is 0 Å². The summed E-state index contributed by atoms with van der Waals surface area (Å²) >= 11 is -2.43. The van der Waals surface area contributed by atoms with Crippen LogP contribution in [0.25, 0.3) is 0 Å². The molecular weight excluding hydrogens is 305 g/mol. The van der Waals surface area contributed by atoms with Gasteiger partial charge in [-0.1, -0.05) is 0 Å². The molecule has 0 aromatic carbocycles. The minimum atomic E-state index is -2.43. The van der Waals surface area contributed by atoms with Crippen molar-refractivity contribution in [3.8, 4) is 0 Å². The van der Waals surface area contributed by atoms with Crippen molar-refractivity contribution in [1.29, 1.82) is 0 Å². The van der Waals surface area contributed by atoms with Crippen molar-refractivity contribution in [1.82, 2.24) is 9.36 Å². The summed E-state index contributed by atoms with van der Waals surface area (Å²) in [5.74, 6) is 0.829. The van der Waals surface area contributed by atoms with Crippen LogP contribution in [0.15, 0.2) is 0 Å². The van der Waals surface area contributed by atoms with E-state index in [0.29, 0.717) is 0 Å². The van der Waals surface area contributed by atoms with Gasteiger partial charge in [-0.15, -0.1) is 0 Å². The Kier molecular flexibility index (Phi) is 7.49. The van der Waals surface area contributed by atoms with Crippen molar-refractivity contribution < 1.29 is 0 Å². The molecule has 0 aliphatic rings. The summed E-state index contributed by atoms with van der Waals surface area (Å²) in [4.78, 5) is 0. The van der Waals surface area contributed by atoms with Crippen LogP contribution in [0.4, 0.5) is 0 Å². The first-order chi connectivity index (χ1) is 7.25. The SMILES string of the molecule is CC(C)CC[CH2][Sn]([N](C)C)([N](C)C)[N](C)C. The molecule has 0 unspecified atom stereocenters. The quantitative estimate of drug-likeness (QED) is 0.659. The van der Waals surface area contributed by atoms with Crippen LogP contribution >= 0.6 is 0 Å². The first-order valence-electron chi connectivity index (χ1n) is 6.27. The third-order valence-electron chi connectivity index (χ3n) is 3.44. The van der Waals surface area contributed by atoms with Crippen LogP contribution in [0.2, 0.25) is 4.44 Å². The fourth-order valence-corrected chi connectivity index (χ4v) is 15.2. The van der Waals surface area contributed by atoms with Crippen LogP contribution in [0.3, 0.4) is 0 Å². The van der Waals surface area contributed by atoms with E-state index in [-0.39, 0.29) is 0 Å². The molecule has 0 bridgehead atoms. The molecular formula is C12H31N3Sn. The summed E-state index contributed by atoms with van der Waals surface area (Å²) < 4.78 is 8.96. The summed E-state index contributed by atoms with van der Waals surface area (Å²) in [7, 11) is 13.5. The molecule has 0 spiro atoms. The Balaban J connectivity index is 4.64. The van der Waals surface area contributed by atoms with Crippen LogP contribution in [0.1, 0.15) is 26.7 Å². The second-order valence-electron chi connectivity index (χ2n) is 5.74. The van der Waals surface area contributed by atoms with E-state index in [1.807, 2.05) is 0 Å². The van der Waals surface area contributed by atoms with E-state index in [1.54, 1.807) is 0 Å². The molecule has 98 valence electrons. The third kappa shape index (κ3) is 4.17. The Morgan fingerprint density at radius 3 is 1.44 bits per heavy atom. The van der Waals surface area contributed by atoms with Crippen molar-refractivity contribution in [2.45, 2.75) is 31.1 Å². The molecule has 0 aliphatic heterocycles. The molecule has 0 saturated carbocycles. The predicted octanol–water partition coefficient (Wildman–Crippen LogP) is 2.05. The molecule has 0 rings (SSSR count). The van der Waals surface area contributed by atoms with Gasteiger partial charge in [-0.2, -0.15) is 0 Å². The molecule has 0 atom stereocenters. The molecule has 0 fully saturated rings. The first-order valence-corrected chi connectivity index (χ1v) is 12.1. The number of hydrogen-bond acceptors (Lipinski definition) is 3. The summed E-state index contributed by atoms with van der Waals surface area (Å²) in [5.41, 5.74) is 0. The van der Waals surface area contributed by atoms with Gasteiger partial charge in [0, 0.05) is 0 Å².